The van der Waals surface area contributed by atoms with Gasteiger partial charge in [0.1, 0.15) is 18.3 Å². The topological polar surface area (TPSA) is 69.9 Å². The zero-order valence-corrected chi connectivity index (χ0v) is 8.27. The summed E-state index contributed by atoms with van der Waals surface area (Å²) in [6.45, 7) is 5.85. The summed E-state index contributed by atoms with van der Waals surface area (Å²) in [4.78, 5) is 0. The highest BCUT2D eigenvalue weighted by Gasteiger charge is 2.42. The van der Waals surface area contributed by atoms with Crippen LogP contribution in [0.25, 0.3) is 0 Å². The van der Waals surface area contributed by atoms with E-state index in [2.05, 4.69) is 0 Å². The third-order valence-corrected chi connectivity index (χ3v) is 2.35. The van der Waals surface area contributed by atoms with Gasteiger partial charge >= 0.3 is 0 Å². The molecule has 0 aliphatic carbocycles. The number of ether oxygens (including phenoxy) is 1. The van der Waals surface area contributed by atoms with Gasteiger partial charge in [-0.05, 0) is 5.41 Å². The Morgan fingerprint density at radius 2 is 1.62 bits per heavy atom. The maximum atomic E-state index is 9.61. The first-order valence-electron chi connectivity index (χ1n) is 4.50. The fourth-order valence-corrected chi connectivity index (χ4v) is 1.57. The fourth-order valence-electron chi connectivity index (χ4n) is 1.57. The van der Waals surface area contributed by atoms with Crippen molar-refractivity contribution >= 4 is 0 Å². The van der Waals surface area contributed by atoms with E-state index in [0.29, 0.717) is 0 Å². The van der Waals surface area contributed by atoms with Crippen LogP contribution in [0.5, 0.6) is 0 Å². The van der Waals surface area contributed by atoms with Crippen molar-refractivity contribution in [3.8, 4) is 0 Å². The van der Waals surface area contributed by atoms with Gasteiger partial charge in [0.25, 0.3) is 0 Å². The average Bonchev–Trinajstić information content (AvgIpc) is 1.98. The first-order valence-corrected chi connectivity index (χ1v) is 4.50. The minimum absolute atomic E-state index is 0.0835. The van der Waals surface area contributed by atoms with Gasteiger partial charge in [-0.25, -0.2) is 0 Å². The van der Waals surface area contributed by atoms with Crippen molar-refractivity contribution in [3.63, 3.8) is 0 Å². The zero-order valence-electron chi connectivity index (χ0n) is 8.27. The largest absolute Gasteiger partial charge is 0.388 e. The van der Waals surface area contributed by atoms with E-state index in [1.54, 1.807) is 0 Å². The minimum atomic E-state index is -1.10. The SMILES string of the molecule is CC(C)(C)[C@@H]1OC[C@H](O)C(O)C1O. The van der Waals surface area contributed by atoms with Crippen molar-refractivity contribution in [3.05, 3.63) is 0 Å². The van der Waals surface area contributed by atoms with Gasteiger partial charge in [-0.2, -0.15) is 0 Å². The summed E-state index contributed by atoms with van der Waals surface area (Å²) >= 11 is 0. The molecule has 1 saturated heterocycles. The van der Waals surface area contributed by atoms with E-state index in [9.17, 15) is 15.3 Å². The number of rotatable bonds is 0. The zero-order chi connectivity index (χ0) is 10.2. The molecule has 3 N–H and O–H groups in total. The lowest BCUT2D eigenvalue weighted by Crippen LogP contribution is -2.56. The monoisotopic (exact) mass is 190 g/mol. The Bertz CT molecular complexity index is 175. The number of hydrogen-bond acceptors (Lipinski definition) is 4. The van der Waals surface area contributed by atoms with Crippen molar-refractivity contribution in [1.29, 1.82) is 0 Å². The van der Waals surface area contributed by atoms with Crippen LogP contribution in [0, 0.1) is 5.41 Å². The second-order valence-electron chi connectivity index (χ2n) is 4.67. The maximum Gasteiger partial charge on any atom is 0.111 e. The number of aliphatic hydroxyl groups is 3. The Morgan fingerprint density at radius 1 is 1.08 bits per heavy atom. The molecule has 4 heteroatoms. The second-order valence-corrected chi connectivity index (χ2v) is 4.67. The summed E-state index contributed by atoms with van der Waals surface area (Å²) in [5.41, 5.74) is -0.236. The van der Waals surface area contributed by atoms with Gasteiger partial charge in [0.2, 0.25) is 0 Å². The molecular weight excluding hydrogens is 172 g/mol. The van der Waals surface area contributed by atoms with Gasteiger partial charge in [-0.1, -0.05) is 20.8 Å². The molecule has 0 spiro atoms. The van der Waals surface area contributed by atoms with E-state index >= 15 is 0 Å². The molecule has 0 aromatic rings. The van der Waals surface area contributed by atoms with Crippen LogP contribution in [0.3, 0.4) is 0 Å². The minimum Gasteiger partial charge on any atom is -0.388 e. The standard InChI is InChI=1S/C9H18O4/c1-9(2,3)8-7(12)6(11)5(10)4-13-8/h5-8,10-12H,4H2,1-3H3/t5-,6?,7?,8+/m0/s1. The van der Waals surface area contributed by atoms with Crippen molar-refractivity contribution in [2.45, 2.75) is 45.2 Å². The van der Waals surface area contributed by atoms with Crippen LogP contribution in [0.2, 0.25) is 0 Å². The Labute approximate surface area is 78.1 Å². The van der Waals surface area contributed by atoms with Gasteiger partial charge in [-0.3, -0.25) is 0 Å². The van der Waals surface area contributed by atoms with Crippen LogP contribution in [0.1, 0.15) is 20.8 Å². The Hall–Kier alpha value is -0.160. The van der Waals surface area contributed by atoms with Crippen LogP contribution in [-0.4, -0.2) is 46.3 Å². The van der Waals surface area contributed by atoms with E-state index in [-0.39, 0.29) is 12.0 Å². The summed E-state index contributed by atoms with van der Waals surface area (Å²) in [7, 11) is 0. The number of aliphatic hydroxyl groups excluding tert-OH is 3. The highest BCUT2D eigenvalue weighted by molar-refractivity contribution is 4.92. The molecule has 78 valence electrons. The van der Waals surface area contributed by atoms with Gasteiger partial charge in [0.15, 0.2) is 0 Å². The molecule has 1 rings (SSSR count). The molecule has 1 fully saturated rings. The molecular formula is C9H18O4. The van der Waals surface area contributed by atoms with Crippen LogP contribution in [0.4, 0.5) is 0 Å². The Kier molecular flexibility index (Phi) is 2.97. The third-order valence-electron chi connectivity index (χ3n) is 2.35. The first kappa shape index (κ1) is 10.9. The molecule has 1 aliphatic rings. The highest BCUT2D eigenvalue weighted by atomic mass is 16.5. The van der Waals surface area contributed by atoms with Crippen LogP contribution in [-0.2, 0) is 4.74 Å². The predicted octanol–water partition coefficient (Wildman–Crippen LogP) is -0.486. The van der Waals surface area contributed by atoms with E-state index in [1.165, 1.54) is 0 Å². The lowest BCUT2D eigenvalue weighted by molar-refractivity contribution is -0.211. The molecule has 1 aliphatic heterocycles. The van der Waals surface area contributed by atoms with Crippen molar-refractivity contribution < 1.29 is 20.1 Å². The van der Waals surface area contributed by atoms with E-state index < -0.39 is 24.4 Å². The van der Waals surface area contributed by atoms with Gasteiger partial charge < -0.3 is 20.1 Å². The van der Waals surface area contributed by atoms with E-state index in [0.717, 1.165) is 0 Å². The van der Waals surface area contributed by atoms with Gasteiger partial charge in [0.05, 0.1) is 12.7 Å². The summed E-state index contributed by atoms with van der Waals surface area (Å²) in [5.74, 6) is 0. The van der Waals surface area contributed by atoms with Gasteiger partial charge in [-0.15, -0.1) is 0 Å². The first-order chi connectivity index (χ1) is 5.84. The molecule has 0 radical (unpaired) electrons. The number of hydrogen-bond donors (Lipinski definition) is 3. The Morgan fingerprint density at radius 3 is 2.08 bits per heavy atom. The quantitative estimate of drug-likeness (QED) is 0.482. The molecule has 0 saturated carbocycles. The van der Waals surface area contributed by atoms with Crippen LogP contribution in [0.15, 0.2) is 0 Å². The normalized spacial score (nSPS) is 42.0. The van der Waals surface area contributed by atoms with Crippen molar-refractivity contribution in [2.24, 2.45) is 5.41 Å². The smallest absolute Gasteiger partial charge is 0.111 e. The summed E-state index contributed by atoms with van der Waals surface area (Å²) in [6, 6.07) is 0. The van der Waals surface area contributed by atoms with E-state index in [1.807, 2.05) is 20.8 Å². The third kappa shape index (κ3) is 2.20. The summed E-state index contributed by atoms with van der Waals surface area (Å²) in [6.07, 6.45) is -3.51. The molecule has 0 amide bonds. The molecule has 0 aromatic heterocycles. The molecule has 4 nitrogen and oxygen atoms in total. The highest BCUT2D eigenvalue weighted by Crippen LogP contribution is 2.30. The average molecular weight is 190 g/mol. The summed E-state index contributed by atoms with van der Waals surface area (Å²) < 4.78 is 5.28. The summed E-state index contributed by atoms with van der Waals surface area (Å²) in [5, 5.41) is 28.2. The molecule has 13 heavy (non-hydrogen) atoms. The molecule has 2 unspecified atom stereocenters. The van der Waals surface area contributed by atoms with Crippen molar-refractivity contribution in [1.82, 2.24) is 0 Å². The fraction of sp³-hybridized carbons (Fsp3) is 1.00. The van der Waals surface area contributed by atoms with Crippen molar-refractivity contribution in [2.75, 3.05) is 6.61 Å². The van der Waals surface area contributed by atoms with Crippen LogP contribution >= 0.6 is 0 Å². The van der Waals surface area contributed by atoms with Crippen LogP contribution < -0.4 is 0 Å². The molecule has 0 bridgehead atoms. The van der Waals surface area contributed by atoms with Gasteiger partial charge in [0, 0.05) is 0 Å². The lowest BCUT2D eigenvalue weighted by Gasteiger charge is -2.41. The molecule has 1 heterocycles. The second kappa shape index (κ2) is 3.53. The predicted molar refractivity (Wildman–Crippen MR) is 47.2 cm³/mol. The lowest BCUT2D eigenvalue weighted by atomic mass is 9.81. The molecule has 0 aromatic carbocycles. The molecule has 4 atom stereocenters. The Balaban J connectivity index is 2.70. The van der Waals surface area contributed by atoms with E-state index in [4.69, 9.17) is 4.74 Å². The maximum absolute atomic E-state index is 9.61.